The molecule has 142 valence electrons. The predicted molar refractivity (Wildman–Crippen MR) is 105 cm³/mol. The number of likely N-dealkylation sites (tertiary alicyclic amines) is 1. The van der Waals surface area contributed by atoms with Crippen LogP contribution in [0.4, 0.5) is 5.69 Å². The maximum absolute atomic E-state index is 12.5. The molecule has 1 saturated heterocycles. The Morgan fingerprint density at radius 2 is 2.19 bits per heavy atom. The molecule has 0 bridgehead atoms. The van der Waals surface area contributed by atoms with Gasteiger partial charge in [0.2, 0.25) is 5.91 Å². The lowest BCUT2D eigenvalue weighted by Crippen LogP contribution is -2.41. The number of guanidine groups is 1. The lowest BCUT2D eigenvalue weighted by molar-refractivity contribution is -0.118. The Kier molecular flexibility index (Phi) is 6.50. The maximum Gasteiger partial charge on any atom is 0.227 e. The zero-order chi connectivity index (χ0) is 18.4. The predicted octanol–water partition coefficient (Wildman–Crippen LogP) is 1.90. The number of para-hydroxylation sites is 1. The molecule has 1 unspecified atom stereocenters. The number of anilines is 1. The van der Waals surface area contributed by atoms with E-state index in [0.29, 0.717) is 12.3 Å². The van der Waals surface area contributed by atoms with Crippen LogP contribution in [0.3, 0.4) is 0 Å². The lowest BCUT2D eigenvalue weighted by atomic mass is 10.1. The average Bonchev–Trinajstić information content (AvgIpc) is 3.29. The molecule has 0 spiro atoms. The van der Waals surface area contributed by atoms with Crippen LogP contribution in [0.15, 0.2) is 29.3 Å². The van der Waals surface area contributed by atoms with E-state index in [1.54, 1.807) is 7.11 Å². The van der Waals surface area contributed by atoms with E-state index in [-0.39, 0.29) is 5.91 Å². The van der Waals surface area contributed by atoms with Gasteiger partial charge in [0.1, 0.15) is 0 Å². The van der Waals surface area contributed by atoms with E-state index in [2.05, 4.69) is 21.3 Å². The molecule has 3 rings (SSSR count). The minimum atomic E-state index is 0.216. The highest BCUT2D eigenvalue weighted by molar-refractivity contribution is 5.95. The molecule has 0 aliphatic carbocycles. The zero-order valence-electron chi connectivity index (χ0n) is 15.9. The number of rotatable bonds is 6. The minimum Gasteiger partial charge on any atom is -0.384 e. The smallest absolute Gasteiger partial charge is 0.227 e. The number of hydrogen-bond acceptors (Lipinski definition) is 3. The van der Waals surface area contributed by atoms with Gasteiger partial charge in [0.25, 0.3) is 0 Å². The Labute approximate surface area is 156 Å². The van der Waals surface area contributed by atoms with E-state index < -0.39 is 0 Å². The molecular formula is C20H30N4O2. The SMILES string of the molecule is CN=C(NCCCC(=O)N1CCc2ccccc21)N1CCC(COC)C1. The molecule has 6 nitrogen and oxygen atoms in total. The van der Waals surface area contributed by atoms with Crippen molar-refractivity contribution in [3.8, 4) is 0 Å². The van der Waals surface area contributed by atoms with Crippen molar-refractivity contribution >= 4 is 17.6 Å². The Morgan fingerprint density at radius 3 is 3.00 bits per heavy atom. The third-order valence-electron chi connectivity index (χ3n) is 5.24. The summed E-state index contributed by atoms with van der Waals surface area (Å²) in [7, 11) is 3.57. The summed E-state index contributed by atoms with van der Waals surface area (Å²) in [6.07, 6.45) is 3.47. The normalized spacial score (nSPS) is 19.8. The van der Waals surface area contributed by atoms with Gasteiger partial charge in [-0.1, -0.05) is 18.2 Å². The van der Waals surface area contributed by atoms with E-state index in [1.165, 1.54) is 5.56 Å². The van der Waals surface area contributed by atoms with Gasteiger partial charge in [-0.25, -0.2) is 0 Å². The summed E-state index contributed by atoms with van der Waals surface area (Å²) in [6.45, 7) is 4.37. The fourth-order valence-corrected chi connectivity index (χ4v) is 3.90. The van der Waals surface area contributed by atoms with E-state index in [4.69, 9.17) is 4.74 Å². The number of fused-ring (bicyclic) bond motifs is 1. The highest BCUT2D eigenvalue weighted by Crippen LogP contribution is 2.28. The van der Waals surface area contributed by atoms with Crippen molar-refractivity contribution < 1.29 is 9.53 Å². The fourth-order valence-electron chi connectivity index (χ4n) is 3.90. The molecule has 0 saturated carbocycles. The highest BCUT2D eigenvalue weighted by Gasteiger charge is 2.25. The second-order valence-corrected chi connectivity index (χ2v) is 7.06. The topological polar surface area (TPSA) is 57.2 Å². The van der Waals surface area contributed by atoms with E-state index >= 15 is 0 Å². The number of carbonyl (C=O) groups is 1. The van der Waals surface area contributed by atoms with Crippen molar-refractivity contribution in [2.45, 2.75) is 25.7 Å². The average molecular weight is 358 g/mol. The number of ether oxygens (including phenoxy) is 1. The number of carbonyl (C=O) groups excluding carboxylic acids is 1. The first-order valence-electron chi connectivity index (χ1n) is 9.55. The van der Waals surface area contributed by atoms with Crippen LogP contribution >= 0.6 is 0 Å². The molecule has 1 N–H and O–H groups in total. The van der Waals surface area contributed by atoms with Gasteiger partial charge in [-0.15, -0.1) is 0 Å². The minimum absolute atomic E-state index is 0.216. The van der Waals surface area contributed by atoms with Crippen molar-refractivity contribution in [1.29, 1.82) is 0 Å². The van der Waals surface area contributed by atoms with Crippen molar-refractivity contribution in [3.05, 3.63) is 29.8 Å². The molecule has 2 aliphatic rings. The largest absolute Gasteiger partial charge is 0.384 e. The van der Waals surface area contributed by atoms with Gasteiger partial charge >= 0.3 is 0 Å². The second-order valence-electron chi connectivity index (χ2n) is 7.06. The van der Waals surface area contributed by atoms with Crippen LogP contribution in [0.1, 0.15) is 24.8 Å². The van der Waals surface area contributed by atoms with Crippen LogP contribution in [0.5, 0.6) is 0 Å². The van der Waals surface area contributed by atoms with Crippen LogP contribution in [-0.4, -0.2) is 63.7 Å². The van der Waals surface area contributed by atoms with Gasteiger partial charge in [-0.05, 0) is 30.9 Å². The zero-order valence-corrected chi connectivity index (χ0v) is 15.9. The molecule has 2 aliphatic heterocycles. The second kappa shape index (κ2) is 9.03. The van der Waals surface area contributed by atoms with Crippen molar-refractivity contribution in [2.24, 2.45) is 10.9 Å². The number of benzene rings is 1. The van der Waals surface area contributed by atoms with Gasteiger partial charge in [0, 0.05) is 58.4 Å². The lowest BCUT2D eigenvalue weighted by Gasteiger charge is -2.22. The number of methoxy groups -OCH3 is 1. The summed E-state index contributed by atoms with van der Waals surface area (Å²) in [6, 6.07) is 8.20. The summed E-state index contributed by atoms with van der Waals surface area (Å²) in [5.41, 5.74) is 2.36. The maximum atomic E-state index is 12.5. The Morgan fingerprint density at radius 1 is 1.35 bits per heavy atom. The molecule has 0 aromatic heterocycles. The first-order chi connectivity index (χ1) is 12.7. The standard InChI is InChI=1S/C20H30N4O2/c1-21-20(23-12-9-16(14-23)15-26-2)22-11-5-8-19(25)24-13-10-17-6-3-4-7-18(17)24/h3-4,6-7,16H,5,8-15H2,1-2H3,(H,21,22). The Balaban J connectivity index is 1.40. The molecule has 1 aromatic carbocycles. The van der Waals surface area contributed by atoms with Crippen molar-refractivity contribution in [1.82, 2.24) is 10.2 Å². The number of aliphatic imine (C=N–C) groups is 1. The Bertz CT molecular complexity index is 646. The van der Waals surface area contributed by atoms with Crippen LogP contribution in [0.2, 0.25) is 0 Å². The van der Waals surface area contributed by atoms with Gasteiger partial charge in [0.15, 0.2) is 5.96 Å². The quantitative estimate of drug-likeness (QED) is 0.479. The van der Waals surface area contributed by atoms with E-state index in [1.807, 2.05) is 30.1 Å². The molecular weight excluding hydrogens is 328 g/mol. The Hall–Kier alpha value is -2.08. The summed E-state index contributed by atoms with van der Waals surface area (Å²) in [5.74, 6) is 1.73. The van der Waals surface area contributed by atoms with Crippen LogP contribution in [0.25, 0.3) is 0 Å². The number of amides is 1. The van der Waals surface area contributed by atoms with Gasteiger partial charge in [0.05, 0.1) is 6.61 Å². The molecule has 1 fully saturated rings. The molecule has 1 atom stereocenters. The summed E-state index contributed by atoms with van der Waals surface area (Å²) in [4.78, 5) is 21.1. The molecule has 6 heteroatoms. The van der Waals surface area contributed by atoms with E-state index in [9.17, 15) is 4.79 Å². The first kappa shape index (κ1) is 18.7. The van der Waals surface area contributed by atoms with Crippen LogP contribution in [-0.2, 0) is 16.0 Å². The van der Waals surface area contributed by atoms with Crippen molar-refractivity contribution in [3.63, 3.8) is 0 Å². The summed E-state index contributed by atoms with van der Waals surface area (Å²) >= 11 is 0. The summed E-state index contributed by atoms with van der Waals surface area (Å²) in [5, 5.41) is 3.40. The van der Waals surface area contributed by atoms with Gasteiger partial charge in [-0.2, -0.15) is 0 Å². The number of nitrogens with one attached hydrogen (secondary N) is 1. The fraction of sp³-hybridized carbons (Fsp3) is 0.600. The van der Waals surface area contributed by atoms with Crippen molar-refractivity contribution in [2.75, 3.05) is 51.8 Å². The van der Waals surface area contributed by atoms with Crippen LogP contribution in [0, 0.1) is 5.92 Å². The summed E-state index contributed by atoms with van der Waals surface area (Å²) < 4.78 is 5.26. The number of hydrogen-bond donors (Lipinski definition) is 1. The highest BCUT2D eigenvalue weighted by atomic mass is 16.5. The van der Waals surface area contributed by atoms with Gasteiger partial charge < -0.3 is 19.9 Å². The molecule has 1 aromatic rings. The van der Waals surface area contributed by atoms with E-state index in [0.717, 1.165) is 63.7 Å². The molecule has 26 heavy (non-hydrogen) atoms. The van der Waals surface area contributed by atoms with Crippen LogP contribution < -0.4 is 10.2 Å². The molecule has 0 radical (unpaired) electrons. The van der Waals surface area contributed by atoms with Gasteiger partial charge in [-0.3, -0.25) is 9.79 Å². The monoisotopic (exact) mass is 358 g/mol. The third kappa shape index (κ3) is 4.36. The third-order valence-corrected chi connectivity index (χ3v) is 5.24. The molecule has 1 amide bonds. The number of nitrogens with zero attached hydrogens (tertiary/aromatic N) is 3. The first-order valence-corrected chi connectivity index (χ1v) is 9.55. The molecule has 2 heterocycles.